The fourth-order valence-electron chi connectivity index (χ4n) is 1.93. The van der Waals surface area contributed by atoms with Crippen LogP contribution in [0.15, 0.2) is 0 Å². The van der Waals surface area contributed by atoms with Gasteiger partial charge < -0.3 is 19.3 Å². The molecule has 8 nitrogen and oxygen atoms in total. The predicted octanol–water partition coefficient (Wildman–Crippen LogP) is 3.50. The van der Waals surface area contributed by atoms with Gasteiger partial charge in [-0.3, -0.25) is 0 Å². The summed E-state index contributed by atoms with van der Waals surface area (Å²) in [5, 5.41) is 9.14. The first-order valence-corrected chi connectivity index (χ1v) is 9.20. The SMILES string of the molecule is CC(C)COC(=O)[C@H](CCCO)N(C(=O)OC(C)(C)C)C(=O)OC(C)(C)C. The molecule has 0 fully saturated rings. The maximum absolute atomic E-state index is 12.7. The highest BCUT2D eigenvalue weighted by molar-refractivity contribution is 5.94. The molecule has 0 heterocycles. The lowest BCUT2D eigenvalue weighted by atomic mass is 10.1. The number of aliphatic hydroxyl groups excluding tert-OH is 1. The van der Waals surface area contributed by atoms with Crippen LogP contribution in [0.25, 0.3) is 0 Å². The van der Waals surface area contributed by atoms with Crippen molar-refractivity contribution in [3.05, 3.63) is 0 Å². The zero-order chi connectivity index (χ0) is 21.4. The van der Waals surface area contributed by atoms with Gasteiger partial charge in [0.1, 0.15) is 17.2 Å². The van der Waals surface area contributed by atoms with Gasteiger partial charge in [0.25, 0.3) is 0 Å². The van der Waals surface area contributed by atoms with Crippen LogP contribution in [0.3, 0.4) is 0 Å². The van der Waals surface area contributed by atoms with E-state index in [0.29, 0.717) is 4.90 Å². The van der Waals surface area contributed by atoms with Gasteiger partial charge in [-0.25, -0.2) is 14.4 Å². The average Bonchev–Trinajstić information content (AvgIpc) is 2.44. The van der Waals surface area contributed by atoms with Crippen LogP contribution in [0.2, 0.25) is 0 Å². The molecule has 0 bridgehead atoms. The van der Waals surface area contributed by atoms with Crippen LogP contribution in [0.4, 0.5) is 9.59 Å². The molecule has 0 spiro atoms. The Hall–Kier alpha value is -1.83. The number of carbonyl (C=O) groups excluding carboxylic acids is 3. The number of nitrogens with zero attached hydrogens (tertiary/aromatic N) is 1. The van der Waals surface area contributed by atoms with E-state index in [4.69, 9.17) is 19.3 Å². The molecule has 0 aliphatic rings. The van der Waals surface area contributed by atoms with Crippen LogP contribution >= 0.6 is 0 Å². The van der Waals surface area contributed by atoms with Crippen molar-refractivity contribution in [1.82, 2.24) is 4.90 Å². The highest BCUT2D eigenvalue weighted by Gasteiger charge is 2.40. The van der Waals surface area contributed by atoms with E-state index in [-0.39, 0.29) is 32.0 Å². The molecule has 0 aliphatic carbocycles. The number of aliphatic hydroxyl groups is 1. The Morgan fingerprint density at radius 3 is 1.70 bits per heavy atom. The Morgan fingerprint density at radius 1 is 0.926 bits per heavy atom. The summed E-state index contributed by atoms with van der Waals surface area (Å²) >= 11 is 0. The monoisotopic (exact) mass is 389 g/mol. The minimum atomic E-state index is -1.25. The molecule has 0 aromatic rings. The smallest absolute Gasteiger partial charge is 0.420 e. The molecule has 0 rings (SSSR count). The number of amides is 2. The summed E-state index contributed by atoms with van der Waals surface area (Å²) in [5.41, 5.74) is -1.75. The summed E-state index contributed by atoms with van der Waals surface area (Å²) in [7, 11) is 0. The van der Waals surface area contributed by atoms with Gasteiger partial charge in [0, 0.05) is 6.61 Å². The molecule has 8 heteroatoms. The zero-order valence-electron chi connectivity index (χ0n) is 17.8. The lowest BCUT2D eigenvalue weighted by Crippen LogP contribution is -2.52. The summed E-state index contributed by atoms with van der Waals surface area (Å²) in [6.07, 6.45) is -1.77. The lowest BCUT2D eigenvalue weighted by molar-refractivity contribution is -0.151. The number of rotatable bonds is 7. The Bertz CT molecular complexity index is 475. The van der Waals surface area contributed by atoms with E-state index in [1.165, 1.54) is 0 Å². The first-order chi connectivity index (χ1) is 12.2. The van der Waals surface area contributed by atoms with Gasteiger partial charge in [-0.1, -0.05) is 13.8 Å². The highest BCUT2D eigenvalue weighted by Crippen LogP contribution is 2.20. The van der Waals surface area contributed by atoms with E-state index in [2.05, 4.69) is 0 Å². The van der Waals surface area contributed by atoms with Crippen molar-refractivity contribution in [3.8, 4) is 0 Å². The largest absolute Gasteiger partial charge is 0.464 e. The van der Waals surface area contributed by atoms with E-state index in [1.54, 1.807) is 41.5 Å². The van der Waals surface area contributed by atoms with E-state index in [0.717, 1.165) is 0 Å². The second-order valence-electron chi connectivity index (χ2n) is 8.74. The van der Waals surface area contributed by atoms with Gasteiger partial charge in [-0.2, -0.15) is 4.90 Å². The first kappa shape index (κ1) is 25.2. The van der Waals surface area contributed by atoms with Crippen molar-refractivity contribution >= 4 is 18.2 Å². The maximum Gasteiger partial charge on any atom is 0.420 e. The number of ether oxygens (including phenoxy) is 3. The van der Waals surface area contributed by atoms with E-state index in [9.17, 15) is 14.4 Å². The summed E-state index contributed by atoms with van der Waals surface area (Å²) in [4.78, 5) is 38.6. The summed E-state index contributed by atoms with van der Waals surface area (Å²) in [6, 6.07) is -1.25. The summed E-state index contributed by atoms with van der Waals surface area (Å²) in [5.74, 6) is -0.655. The molecular formula is C19H35NO7. The molecule has 0 aromatic carbocycles. The summed E-state index contributed by atoms with van der Waals surface area (Å²) < 4.78 is 15.8. The van der Waals surface area contributed by atoms with Crippen LogP contribution in [-0.2, 0) is 19.0 Å². The number of esters is 1. The molecule has 0 unspecified atom stereocenters. The Kier molecular flexibility index (Phi) is 9.78. The third-order valence-corrected chi connectivity index (χ3v) is 2.96. The molecule has 0 saturated carbocycles. The zero-order valence-corrected chi connectivity index (χ0v) is 17.8. The predicted molar refractivity (Wildman–Crippen MR) is 100 cm³/mol. The van der Waals surface area contributed by atoms with Gasteiger partial charge in [0.15, 0.2) is 0 Å². The molecule has 0 saturated heterocycles. The second kappa shape index (κ2) is 10.5. The van der Waals surface area contributed by atoms with Gasteiger partial charge in [0.2, 0.25) is 0 Å². The van der Waals surface area contributed by atoms with Crippen LogP contribution in [-0.4, -0.2) is 58.6 Å². The normalized spacial score (nSPS) is 13.1. The van der Waals surface area contributed by atoms with Gasteiger partial charge >= 0.3 is 18.2 Å². The van der Waals surface area contributed by atoms with Crippen molar-refractivity contribution in [3.63, 3.8) is 0 Å². The number of hydrogen-bond donors (Lipinski definition) is 1. The molecule has 1 N–H and O–H groups in total. The number of carbonyl (C=O) groups is 3. The third-order valence-electron chi connectivity index (χ3n) is 2.96. The van der Waals surface area contributed by atoms with Crippen LogP contribution in [0.5, 0.6) is 0 Å². The quantitative estimate of drug-likeness (QED) is 0.525. The minimum Gasteiger partial charge on any atom is -0.464 e. The minimum absolute atomic E-state index is 0.0336. The number of imide groups is 1. The van der Waals surface area contributed by atoms with Crippen molar-refractivity contribution in [2.24, 2.45) is 5.92 Å². The topological polar surface area (TPSA) is 102 Å². The molecule has 0 radical (unpaired) electrons. The Morgan fingerprint density at radius 2 is 1.37 bits per heavy atom. The van der Waals surface area contributed by atoms with Crippen LogP contribution in [0, 0.1) is 5.92 Å². The second-order valence-corrected chi connectivity index (χ2v) is 8.74. The first-order valence-electron chi connectivity index (χ1n) is 9.20. The highest BCUT2D eigenvalue weighted by atomic mass is 16.6. The molecule has 0 aromatic heterocycles. The van der Waals surface area contributed by atoms with Crippen LogP contribution < -0.4 is 0 Å². The molecule has 158 valence electrons. The summed E-state index contributed by atoms with van der Waals surface area (Å²) in [6.45, 7) is 13.6. The van der Waals surface area contributed by atoms with Crippen molar-refractivity contribution in [2.75, 3.05) is 13.2 Å². The third kappa shape index (κ3) is 10.8. The maximum atomic E-state index is 12.7. The molecule has 1 atom stereocenters. The van der Waals surface area contributed by atoms with Crippen molar-refractivity contribution in [1.29, 1.82) is 0 Å². The fourth-order valence-corrected chi connectivity index (χ4v) is 1.93. The molecular weight excluding hydrogens is 354 g/mol. The molecule has 0 aliphatic heterocycles. The standard InChI is InChI=1S/C19H35NO7/c1-13(2)12-25-15(22)14(10-9-11-21)20(16(23)26-18(3,4)5)17(24)27-19(6,7)8/h13-14,21H,9-12H2,1-8H3/t14-/m0/s1. The van der Waals surface area contributed by atoms with Crippen molar-refractivity contribution in [2.45, 2.75) is 85.5 Å². The molecule has 27 heavy (non-hydrogen) atoms. The Labute approximate surface area is 162 Å². The number of hydrogen-bond acceptors (Lipinski definition) is 7. The Balaban J connectivity index is 5.75. The van der Waals surface area contributed by atoms with E-state index in [1.807, 2.05) is 13.8 Å². The average molecular weight is 389 g/mol. The van der Waals surface area contributed by atoms with Gasteiger partial charge in [0.05, 0.1) is 6.61 Å². The fraction of sp³-hybridized carbons (Fsp3) is 0.842. The van der Waals surface area contributed by atoms with Crippen LogP contribution in [0.1, 0.15) is 68.2 Å². The lowest BCUT2D eigenvalue weighted by Gasteiger charge is -2.32. The van der Waals surface area contributed by atoms with E-state index < -0.39 is 35.4 Å². The van der Waals surface area contributed by atoms with Crippen molar-refractivity contribution < 1.29 is 33.7 Å². The van der Waals surface area contributed by atoms with Gasteiger partial charge in [-0.15, -0.1) is 0 Å². The molecule has 2 amide bonds. The van der Waals surface area contributed by atoms with Gasteiger partial charge in [-0.05, 0) is 60.3 Å². The van der Waals surface area contributed by atoms with E-state index >= 15 is 0 Å².